The molecule has 2 unspecified atom stereocenters. The van der Waals surface area contributed by atoms with Gasteiger partial charge in [0.25, 0.3) is 0 Å². The van der Waals surface area contributed by atoms with Crippen LogP contribution in [0.3, 0.4) is 0 Å². The van der Waals surface area contributed by atoms with E-state index in [1.165, 1.54) is 38.9 Å². The number of aryl methyl sites for hydroxylation is 1. The first kappa shape index (κ1) is 12.6. The fraction of sp³-hybridized carbons (Fsp3) is 0.769. The number of likely N-dealkylation sites (tertiary alicyclic amines) is 1. The quantitative estimate of drug-likeness (QED) is 0.839. The number of rotatable bonds is 5. The van der Waals surface area contributed by atoms with Crippen molar-refractivity contribution in [3.05, 3.63) is 18.7 Å². The topological polar surface area (TPSA) is 47.1 Å². The highest BCUT2D eigenvalue weighted by Gasteiger charge is 2.21. The number of imidazole rings is 1. The van der Waals surface area contributed by atoms with E-state index >= 15 is 0 Å². The average Bonchev–Trinajstić information content (AvgIpc) is 2.82. The van der Waals surface area contributed by atoms with Crippen molar-refractivity contribution in [3.63, 3.8) is 0 Å². The summed E-state index contributed by atoms with van der Waals surface area (Å²) in [7, 11) is 0. The van der Waals surface area contributed by atoms with Crippen LogP contribution in [0.15, 0.2) is 18.7 Å². The number of nitrogens with zero attached hydrogens (tertiary/aromatic N) is 3. The monoisotopic (exact) mass is 236 g/mol. The van der Waals surface area contributed by atoms with Gasteiger partial charge in [0.05, 0.1) is 6.33 Å². The van der Waals surface area contributed by atoms with Crippen molar-refractivity contribution < 1.29 is 0 Å². The van der Waals surface area contributed by atoms with Gasteiger partial charge in [-0.05, 0) is 45.2 Å². The molecule has 0 aromatic carbocycles. The molecule has 96 valence electrons. The summed E-state index contributed by atoms with van der Waals surface area (Å²) in [5.74, 6) is 0.692. The van der Waals surface area contributed by atoms with Gasteiger partial charge in [-0.3, -0.25) is 0 Å². The lowest BCUT2D eigenvalue weighted by Crippen LogP contribution is -2.42. The minimum absolute atomic E-state index is 0.339. The van der Waals surface area contributed by atoms with Crippen molar-refractivity contribution >= 4 is 0 Å². The SMILES string of the molecule is CC(N)C1CCCN(CCCn2ccnc2)C1. The maximum Gasteiger partial charge on any atom is 0.0945 e. The highest BCUT2D eigenvalue weighted by Crippen LogP contribution is 2.18. The van der Waals surface area contributed by atoms with E-state index in [0.717, 1.165) is 6.54 Å². The highest BCUT2D eigenvalue weighted by atomic mass is 15.1. The summed E-state index contributed by atoms with van der Waals surface area (Å²) in [5, 5.41) is 0. The second-order valence-electron chi connectivity index (χ2n) is 5.22. The lowest BCUT2D eigenvalue weighted by molar-refractivity contribution is 0.158. The molecule has 2 rings (SSSR count). The fourth-order valence-corrected chi connectivity index (χ4v) is 2.62. The minimum atomic E-state index is 0.339. The third-order valence-corrected chi connectivity index (χ3v) is 3.74. The van der Waals surface area contributed by atoms with Gasteiger partial charge in [-0.15, -0.1) is 0 Å². The van der Waals surface area contributed by atoms with Crippen molar-refractivity contribution in [1.29, 1.82) is 0 Å². The zero-order valence-electron chi connectivity index (χ0n) is 10.8. The molecule has 4 nitrogen and oxygen atoms in total. The van der Waals surface area contributed by atoms with Gasteiger partial charge < -0.3 is 15.2 Å². The van der Waals surface area contributed by atoms with E-state index < -0.39 is 0 Å². The molecule has 1 aromatic rings. The van der Waals surface area contributed by atoms with Crippen LogP contribution in [0.2, 0.25) is 0 Å². The fourth-order valence-electron chi connectivity index (χ4n) is 2.62. The second-order valence-corrected chi connectivity index (χ2v) is 5.22. The Kier molecular flexibility index (Phi) is 4.57. The molecule has 0 aliphatic carbocycles. The van der Waals surface area contributed by atoms with Gasteiger partial charge in [-0.25, -0.2) is 4.98 Å². The molecule has 2 atom stereocenters. The summed E-state index contributed by atoms with van der Waals surface area (Å²) in [5.41, 5.74) is 6.00. The highest BCUT2D eigenvalue weighted by molar-refractivity contribution is 4.79. The first-order valence-electron chi connectivity index (χ1n) is 6.69. The lowest BCUT2D eigenvalue weighted by Gasteiger charge is -2.34. The Labute approximate surface area is 104 Å². The molecular formula is C13H24N4. The van der Waals surface area contributed by atoms with Gasteiger partial charge in [-0.1, -0.05) is 0 Å². The Hall–Kier alpha value is -0.870. The van der Waals surface area contributed by atoms with E-state index in [9.17, 15) is 0 Å². The van der Waals surface area contributed by atoms with Gasteiger partial charge in [0, 0.05) is 31.5 Å². The van der Waals surface area contributed by atoms with Crippen LogP contribution in [-0.2, 0) is 6.54 Å². The standard InChI is InChI=1S/C13H24N4/c1-12(14)13-4-2-6-16(10-13)7-3-8-17-9-5-15-11-17/h5,9,11-13H,2-4,6-8,10,14H2,1H3. The second kappa shape index (κ2) is 6.17. The van der Waals surface area contributed by atoms with E-state index in [1.807, 2.05) is 18.7 Å². The predicted octanol–water partition coefficient (Wildman–Crippen LogP) is 1.33. The molecule has 1 aliphatic heterocycles. The first-order chi connectivity index (χ1) is 8.25. The smallest absolute Gasteiger partial charge is 0.0945 e. The molecule has 0 spiro atoms. The number of nitrogens with two attached hydrogens (primary N) is 1. The van der Waals surface area contributed by atoms with Crippen LogP contribution in [0.25, 0.3) is 0 Å². The molecule has 17 heavy (non-hydrogen) atoms. The van der Waals surface area contributed by atoms with E-state index in [0.29, 0.717) is 12.0 Å². The van der Waals surface area contributed by atoms with Gasteiger partial charge in [0.2, 0.25) is 0 Å². The van der Waals surface area contributed by atoms with Crippen LogP contribution < -0.4 is 5.73 Å². The van der Waals surface area contributed by atoms with Crippen molar-refractivity contribution in [3.8, 4) is 0 Å². The molecule has 0 saturated carbocycles. The van der Waals surface area contributed by atoms with Crippen LogP contribution in [0.5, 0.6) is 0 Å². The van der Waals surface area contributed by atoms with Gasteiger partial charge in [0.1, 0.15) is 0 Å². The Morgan fingerprint density at radius 3 is 3.06 bits per heavy atom. The Bertz CT molecular complexity index is 307. The van der Waals surface area contributed by atoms with Crippen LogP contribution >= 0.6 is 0 Å². The third kappa shape index (κ3) is 3.82. The zero-order chi connectivity index (χ0) is 12.1. The van der Waals surface area contributed by atoms with E-state index in [1.54, 1.807) is 0 Å². The molecule has 2 heterocycles. The summed E-state index contributed by atoms with van der Waals surface area (Å²) in [6, 6.07) is 0.339. The third-order valence-electron chi connectivity index (χ3n) is 3.74. The van der Waals surface area contributed by atoms with Crippen molar-refractivity contribution in [2.75, 3.05) is 19.6 Å². The van der Waals surface area contributed by atoms with Crippen molar-refractivity contribution in [1.82, 2.24) is 14.5 Å². The molecule has 0 amide bonds. The Morgan fingerprint density at radius 2 is 2.35 bits per heavy atom. The summed E-state index contributed by atoms with van der Waals surface area (Å²) in [6.45, 7) is 6.81. The summed E-state index contributed by atoms with van der Waals surface area (Å²) in [6.07, 6.45) is 9.56. The molecule has 1 saturated heterocycles. The Morgan fingerprint density at radius 1 is 1.47 bits per heavy atom. The number of hydrogen-bond acceptors (Lipinski definition) is 3. The number of aromatic nitrogens is 2. The van der Waals surface area contributed by atoms with Crippen LogP contribution in [0.4, 0.5) is 0 Å². The molecule has 0 radical (unpaired) electrons. The average molecular weight is 236 g/mol. The number of hydrogen-bond donors (Lipinski definition) is 1. The molecule has 2 N–H and O–H groups in total. The first-order valence-corrected chi connectivity index (χ1v) is 6.69. The molecule has 1 fully saturated rings. The van der Waals surface area contributed by atoms with Crippen LogP contribution in [0.1, 0.15) is 26.2 Å². The minimum Gasteiger partial charge on any atom is -0.337 e. The van der Waals surface area contributed by atoms with Crippen LogP contribution in [0, 0.1) is 5.92 Å². The lowest BCUT2D eigenvalue weighted by atomic mass is 9.92. The molecule has 0 bridgehead atoms. The summed E-state index contributed by atoms with van der Waals surface area (Å²) in [4.78, 5) is 6.62. The maximum absolute atomic E-state index is 6.00. The van der Waals surface area contributed by atoms with E-state index in [2.05, 4.69) is 21.4 Å². The van der Waals surface area contributed by atoms with Gasteiger partial charge in [-0.2, -0.15) is 0 Å². The Balaban J connectivity index is 1.68. The van der Waals surface area contributed by atoms with E-state index in [-0.39, 0.29) is 0 Å². The van der Waals surface area contributed by atoms with Gasteiger partial charge in [0.15, 0.2) is 0 Å². The summed E-state index contributed by atoms with van der Waals surface area (Å²) >= 11 is 0. The van der Waals surface area contributed by atoms with E-state index in [4.69, 9.17) is 5.73 Å². The predicted molar refractivity (Wildman–Crippen MR) is 69.7 cm³/mol. The molecule has 4 heteroatoms. The van der Waals surface area contributed by atoms with Crippen LogP contribution in [-0.4, -0.2) is 40.1 Å². The van der Waals surface area contributed by atoms with Gasteiger partial charge >= 0.3 is 0 Å². The van der Waals surface area contributed by atoms with Crippen molar-refractivity contribution in [2.45, 2.75) is 38.8 Å². The molecular weight excluding hydrogens is 212 g/mol. The number of piperidine rings is 1. The normalized spacial score (nSPS) is 23.8. The largest absolute Gasteiger partial charge is 0.337 e. The maximum atomic E-state index is 6.00. The van der Waals surface area contributed by atoms with Crippen molar-refractivity contribution in [2.24, 2.45) is 11.7 Å². The summed E-state index contributed by atoms with van der Waals surface area (Å²) < 4.78 is 2.15. The zero-order valence-corrected chi connectivity index (χ0v) is 10.8. The molecule has 1 aliphatic rings. The molecule has 1 aromatic heterocycles.